The van der Waals surface area contributed by atoms with Crippen LogP contribution in [-0.2, 0) is 19.1 Å². The topological polar surface area (TPSA) is 151 Å². The van der Waals surface area contributed by atoms with E-state index >= 15 is 0 Å². The second kappa shape index (κ2) is 14.8. The van der Waals surface area contributed by atoms with E-state index in [0.717, 1.165) is 58.3 Å². The van der Waals surface area contributed by atoms with Gasteiger partial charge < -0.3 is 29.7 Å². The van der Waals surface area contributed by atoms with Crippen molar-refractivity contribution in [3.63, 3.8) is 0 Å². The standard InChI is InChI=1S/C28H52N8O5/c1-18-25(41-17-32-18)15-40-27-4-3-20-13-35(8-7-23(20)34-27)14-22(38)12-29-28(39)24-11-26(31-16-30-24)33-21-5-9-36(10-6-21)19(2)37/h18,20-27,30-34,38H,3-17H2,1-2H3,(H,29,39)/t18?,20?,22-,23?,24?,25?,26?,27?/m0/s1. The third kappa shape index (κ3) is 8.80. The van der Waals surface area contributed by atoms with Crippen LogP contribution in [-0.4, -0.2) is 135 Å². The zero-order valence-corrected chi connectivity index (χ0v) is 24.8. The Balaban J connectivity index is 0.959. The lowest BCUT2D eigenvalue weighted by Crippen LogP contribution is -2.62. The summed E-state index contributed by atoms with van der Waals surface area (Å²) >= 11 is 0. The van der Waals surface area contributed by atoms with Crippen molar-refractivity contribution in [2.24, 2.45) is 5.92 Å². The van der Waals surface area contributed by atoms with Crippen molar-refractivity contribution in [3.05, 3.63) is 0 Å². The molecule has 0 radical (unpaired) electrons. The summed E-state index contributed by atoms with van der Waals surface area (Å²) in [5.74, 6) is 0.611. The molecule has 234 valence electrons. The van der Waals surface area contributed by atoms with E-state index < -0.39 is 6.10 Å². The second-order valence-corrected chi connectivity index (χ2v) is 12.6. The van der Waals surface area contributed by atoms with Crippen LogP contribution in [0.3, 0.4) is 0 Å². The summed E-state index contributed by atoms with van der Waals surface area (Å²) in [6, 6.07) is 0.791. The van der Waals surface area contributed by atoms with Crippen LogP contribution in [0.15, 0.2) is 0 Å². The van der Waals surface area contributed by atoms with Crippen LogP contribution in [0.4, 0.5) is 0 Å². The number of hydrogen-bond acceptors (Lipinski definition) is 11. The van der Waals surface area contributed by atoms with Crippen molar-refractivity contribution in [3.8, 4) is 0 Å². The lowest BCUT2D eigenvalue weighted by Gasteiger charge is -2.44. The zero-order chi connectivity index (χ0) is 28.8. The Hall–Kier alpha value is -1.42. The van der Waals surface area contributed by atoms with Crippen LogP contribution < -0.4 is 31.9 Å². The number of piperidine rings is 3. The molecular formula is C28H52N8O5. The van der Waals surface area contributed by atoms with Crippen LogP contribution in [0.2, 0.25) is 0 Å². The highest BCUT2D eigenvalue weighted by molar-refractivity contribution is 5.81. The average Bonchev–Trinajstić information content (AvgIpc) is 3.39. The minimum Gasteiger partial charge on any atom is -0.390 e. The van der Waals surface area contributed by atoms with E-state index in [0.29, 0.717) is 57.0 Å². The predicted octanol–water partition coefficient (Wildman–Crippen LogP) is -1.95. The first-order valence-corrected chi connectivity index (χ1v) is 15.7. The fourth-order valence-corrected chi connectivity index (χ4v) is 6.95. The van der Waals surface area contributed by atoms with Crippen molar-refractivity contribution in [1.29, 1.82) is 0 Å². The second-order valence-electron chi connectivity index (χ2n) is 12.6. The summed E-state index contributed by atoms with van der Waals surface area (Å²) in [4.78, 5) is 28.7. The Morgan fingerprint density at radius 1 is 1.10 bits per heavy atom. The van der Waals surface area contributed by atoms with Gasteiger partial charge in [0.2, 0.25) is 11.8 Å². The van der Waals surface area contributed by atoms with Gasteiger partial charge in [0.05, 0.1) is 37.8 Å². The Kier molecular flexibility index (Phi) is 11.2. The average molecular weight is 581 g/mol. The first kappa shape index (κ1) is 31.0. The van der Waals surface area contributed by atoms with E-state index in [2.05, 4.69) is 43.7 Å². The molecule has 5 fully saturated rings. The Morgan fingerprint density at radius 2 is 1.93 bits per heavy atom. The van der Waals surface area contributed by atoms with Gasteiger partial charge in [-0.15, -0.1) is 0 Å². The Morgan fingerprint density at radius 3 is 2.68 bits per heavy atom. The van der Waals surface area contributed by atoms with Gasteiger partial charge in [-0.3, -0.25) is 36.2 Å². The van der Waals surface area contributed by atoms with Gasteiger partial charge in [-0.2, -0.15) is 0 Å². The van der Waals surface area contributed by atoms with Crippen molar-refractivity contribution < 1.29 is 24.2 Å². The lowest BCUT2D eigenvalue weighted by molar-refractivity contribution is -0.130. The van der Waals surface area contributed by atoms with E-state index in [9.17, 15) is 14.7 Å². The van der Waals surface area contributed by atoms with Gasteiger partial charge >= 0.3 is 0 Å². The highest BCUT2D eigenvalue weighted by Gasteiger charge is 2.36. The number of ether oxygens (including phenoxy) is 2. The Labute approximate surface area is 244 Å². The summed E-state index contributed by atoms with van der Waals surface area (Å²) < 4.78 is 11.8. The maximum atomic E-state index is 12.9. The molecule has 0 bridgehead atoms. The van der Waals surface area contributed by atoms with Crippen LogP contribution in [0.5, 0.6) is 0 Å². The largest absolute Gasteiger partial charge is 0.390 e. The molecule has 0 aromatic heterocycles. The van der Waals surface area contributed by atoms with Crippen molar-refractivity contribution in [1.82, 2.24) is 41.7 Å². The lowest BCUT2D eigenvalue weighted by atomic mass is 9.84. The number of carbonyl (C=O) groups excluding carboxylic acids is 2. The number of nitrogens with zero attached hydrogens (tertiary/aromatic N) is 2. The number of rotatable bonds is 10. The van der Waals surface area contributed by atoms with E-state index in [1.165, 1.54) is 0 Å². The minimum absolute atomic E-state index is 0.0396. The van der Waals surface area contributed by atoms with E-state index in [1.807, 2.05) is 4.90 Å². The van der Waals surface area contributed by atoms with Crippen LogP contribution in [0, 0.1) is 5.92 Å². The summed E-state index contributed by atoms with van der Waals surface area (Å²) in [5.41, 5.74) is 0. The summed E-state index contributed by atoms with van der Waals surface area (Å²) in [6.45, 7) is 9.75. The molecule has 13 heteroatoms. The molecule has 0 spiro atoms. The molecule has 0 aliphatic carbocycles. The highest BCUT2D eigenvalue weighted by Crippen LogP contribution is 2.28. The maximum Gasteiger partial charge on any atom is 0.237 e. The van der Waals surface area contributed by atoms with Gasteiger partial charge in [-0.1, -0.05) is 0 Å². The van der Waals surface area contributed by atoms with E-state index in [-0.39, 0.29) is 42.9 Å². The molecule has 5 aliphatic rings. The predicted molar refractivity (Wildman–Crippen MR) is 154 cm³/mol. The van der Waals surface area contributed by atoms with E-state index in [1.54, 1.807) is 6.92 Å². The molecule has 0 aromatic rings. The van der Waals surface area contributed by atoms with Crippen LogP contribution >= 0.6 is 0 Å². The van der Waals surface area contributed by atoms with Gasteiger partial charge in [-0.05, 0) is 51.5 Å². The minimum atomic E-state index is -0.604. The van der Waals surface area contributed by atoms with Crippen molar-refractivity contribution >= 4 is 11.8 Å². The number of amides is 2. The van der Waals surface area contributed by atoms with Crippen LogP contribution in [0.1, 0.15) is 52.4 Å². The molecule has 7 unspecified atom stereocenters. The first-order chi connectivity index (χ1) is 19.8. The number of β-amino-alcohol motifs (C(OH)–C–C–N with tert-alkyl or cyclic N) is 1. The smallest absolute Gasteiger partial charge is 0.237 e. The molecular weight excluding hydrogens is 528 g/mol. The quantitative estimate of drug-likeness (QED) is 0.154. The number of likely N-dealkylation sites (tertiary alicyclic amines) is 2. The first-order valence-electron chi connectivity index (χ1n) is 15.7. The molecule has 41 heavy (non-hydrogen) atoms. The highest BCUT2D eigenvalue weighted by atomic mass is 16.6. The zero-order valence-electron chi connectivity index (χ0n) is 24.8. The summed E-state index contributed by atoms with van der Waals surface area (Å²) in [5, 5.41) is 30.9. The molecule has 5 heterocycles. The molecule has 13 nitrogen and oxygen atoms in total. The normalized spacial score (nSPS) is 36.1. The van der Waals surface area contributed by atoms with Gasteiger partial charge in [-0.25, -0.2) is 0 Å². The molecule has 5 saturated heterocycles. The van der Waals surface area contributed by atoms with Gasteiger partial charge in [0.25, 0.3) is 0 Å². The number of aliphatic hydroxyl groups is 1. The van der Waals surface area contributed by atoms with Crippen molar-refractivity contribution in [2.45, 2.75) is 101 Å². The van der Waals surface area contributed by atoms with Gasteiger partial charge in [0.15, 0.2) is 0 Å². The summed E-state index contributed by atoms with van der Waals surface area (Å²) in [7, 11) is 0. The van der Waals surface area contributed by atoms with Crippen LogP contribution in [0.25, 0.3) is 0 Å². The SMILES string of the molecule is CC(=O)N1CCC(NC2CC(C(=O)NC[C@H](O)CN3CCC4NC(OCC5OCNC5C)CCC4C3)NCN2)CC1. The third-order valence-electron chi connectivity index (χ3n) is 9.58. The molecule has 0 aromatic carbocycles. The molecule has 7 N–H and O–H groups in total. The van der Waals surface area contributed by atoms with Gasteiger partial charge in [0.1, 0.15) is 6.23 Å². The number of hydrogen-bond donors (Lipinski definition) is 7. The van der Waals surface area contributed by atoms with Gasteiger partial charge in [0, 0.05) is 70.9 Å². The van der Waals surface area contributed by atoms with Crippen molar-refractivity contribution in [2.75, 3.05) is 59.3 Å². The summed E-state index contributed by atoms with van der Waals surface area (Å²) in [6.07, 6.45) is 5.23. The van der Waals surface area contributed by atoms with E-state index in [4.69, 9.17) is 9.47 Å². The number of aliphatic hydroxyl groups excluding tert-OH is 1. The monoisotopic (exact) mass is 580 g/mol. The molecule has 0 saturated carbocycles. The number of nitrogens with one attached hydrogen (secondary N) is 6. The maximum absolute atomic E-state index is 12.9. The molecule has 5 rings (SSSR count). The molecule has 8 atom stereocenters. The molecule has 5 aliphatic heterocycles. The fourth-order valence-electron chi connectivity index (χ4n) is 6.95. The third-order valence-corrected chi connectivity index (χ3v) is 9.58. The fraction of sp³-hybridized carbons (Fsp3) is 0.929. The number of fused-ring (bicyclic) bond motifs is 1. The Bertz CT molecular complexity index is 861. The molecule has 2 amide bonds. The number of carbonyl (C=O) groups is 2.